The van der Waals surface area contributed by atoms with Crippen LogP contribution >= 0.6 is 15.9 Å². The Kier molecular flexibility index (Phi) is 5.91. The van der Waals surface area contributed by atoms with Crippen LogP contribution in [-0.2, 0) is 4.79 Å². The SMILES string of the molecule is CC(CN)CCC(=O)Nc1cc([N+](=O)[O-])ccc1Br. The van der Waals surface area contributed by atoms with Gasteiger partial charge in [-0.15, -0.1) is 0 Å². The predicted molar refractivity (Wildman–Crippen MR) is 76.9 cm³/mol. The van der Waals surface area contributed by atoms with Crippen molar-refractivity contribution in [1.82, 2.24) is 0 Å². The van der Waals surface area contributed by atoms with Crippen LogP contribution < -0.4 is 11.1 Å². The van der Waals surface area contributed by atoms with E-state index in [2.05, 4.69) is 21.2 Å². The van der Waals surface area contributed by atoms with E-state index in [0.717, 1.165) is 0 Å². The molecule has 1 atom stereocenters. The molecule has 1 aromatic carbocycles. The van der Waals surface area contributed by atoms with Gasteiger partial charge in [0, 0.05) is 23.0 Å². The third-order valence-corrected chi connectivity index (χ3v) is 3.39. The molecule has 0 spiro atoms. The van der Waals surface area contributed by atoms with Gasteiger partial charge < -0.3 is 11.1 Å². The van der Waals surface area contributed by atoms with Gasteiger partial charge in [-0.3, -0.25) is 14.9 Å². The van der Waals surface area contributed by atoms with Crippen molar-refractivity contribution in [1.29, 1.82) is 0 Å². The van der Waals surface area contributed by atoms with Crippen LogP contribution in [0.15, 0.2) is 22.7 Å². The van der Waals surface area contributed by atoms with Gasteiger partial charge in [0.15, 0.2) is 0 Å². The van der Waals surface area contributed by atoms with Gasteiger partial charge in [-0.2, -0.15) is 0 Å². The fraction of sp³-hybridized carbons (Fsp3) is 0.417. The van der Waals surface area contributed by atoms with Gasteiger partial charge in [0.05, 0.1) is 10.6 Å². The minimum atomic E-state index is -0.501. The lowest BCUT2D eigenvalue weighted by atomic mass is 10.1. The fourth-order valence-electron chi connectivity index (χ4n) is 1.43. The molecule has 1 rings (SSSR count). The molecule has 0 aliphatic heterocycles. The normalized spacial score (nSPS) is 11.9. The van der Waals surface area contributed by atoms with E-state index in [0.29, 0.717) is 29.5 Å². The average molecular weight is 330 g/mol. The summed E-state index contributed by atoms with van der Waals surface area (Å²) in [5.74, 6) is 0.0980. The molecular formula is C12H16BrN3O3. The maximum atomic E-state index is 11.7. The molecule has 1 unspecified atom stereocenters. The number of nitro benzene ring substituents is 1. The van der Waals surface area contributed by atoms with E-state index >= 15 is 0 Å². The molecule has 1 aromatic rings. The number of nitro groups is 1. The molecule has 0 fully saturated rings. The maximum Gasteiger partial charge on any atom is 0.271 e. The Morgan fingerprint density at radius 2 is 2.26 bits per heavy atom. The lowest BCUT2D eigenvalue weighted by molar-refractivity contribution is -0.384. The summed E-state index contributed by atoms with van der Waals surface area (Å²) in [6.45, 7) is 2.50. The zero-order valence-electron chi connectivity index (χ0n) is 10.6. The van der Waals surface area contributed by atoms with E-state index in [1.54, 1.807) is 0 Å². The summed E-state index contributed by atoms with van der Waals surface area (Å²) >= 11 is 3.24. The highest BCUT2D eigenvalue weighted by Gasteiger charge is 2.12. The quantitative estimate of drug-likeness (QED) is 0.619. The summed E-state index contributed by atoms with van der Waals surface area (Å²) < 4.78 is 0.610. The molecule has 7 heteroatoms. The number of non-ortho nitro benzene ring substituents is 1. The van der Waals surface area contributed by atoms with E-state index < -0.39 is 4.92 Å². The van der Waals surface area contributed by atoms with Crippen molar-refractivity contribution in [3.05, 3.63) is 32.8 Å². The second-order valence-electron chi connectivity index (χ2n) is 4.35. The first kappa shape index (κ1) is 15.6. The summed E-state index contributed by atoms with van der Waals surface area (Å²) in [7, 11) is 0. The molecule has 0 saturated heterocycles. The molecular weight excluding hydrogens is 314 g/mol. The molecule has 104 valence electrons. The van der Waals surface area contributed by atoms with Gasteiger partial charge in [-0.05, 0) is 40.9 Å². The molecule has 0 bridgehead atoms. The van der Waals surface area contributed by atoms with Gasteiger partial charge in [0.1, 0.15) is 0 Å². The molecule has 0 heterocycles. The summed E-state index contributed by atoms with van der Waals surface area (Å²) in [4.78, 5) is 21.9. The molecule has 0 saturated carbocycles. The number of rotatable bonds is 6. The van der Waals surface area contributed by atoms with E-state index in [1.165, 1.54) is 18.2 Å². The molecule has 19 heavy (non-hydrogen) atoms. The minimum absolute atomic E-state index is 0.0613. The largest absolute Gasteiger partial charge is 0.330 e. The zero-order chi connectivity index (χ0) is 14.4. The molecule has 6 nitrogen and oxygen atoms in total. The number of carbonyl (C=O) groups is 1. The van der Waals surface area contributed by atoms with Gasteiger partial charge in [0.2, 0.25) is 5.91 Å². The first-order chi connectivity index (χ1) is 8.93. The number of nitrogens with zero attached hydrogens (tertiary/aromatic N) is 1. The van der Waals surface area contributed by atoms with Crippen LogP contribution in [0.2, 0.25) is 0 Å². The number of hydrogen-bond acceptors (Lipinski definition) is 4. The van der Waals surface area contributed by atoms with Crippen LogP contribution in [-0.4, -0.2) is 17.4 Å². The van der Waals surface area contributed by atoms with Crippen LogP contribution in [0.5, 0.6) is 0 Å². The Balaban J connectivity index is 2.68. The smallest absolute Gasteiger partial charge is 0.271 e. The number of benzene rings is 1. The molecule has 3 N–H and O–H groups in total. The minimum Gasteiger partial charge on any atom is -0.330 e. The molecule has 0 aliphatic carbocycles. The highest BCUT2D eigenvalue weighted by Crippen LogP contribution is 2.27. The Morgan fingerprint density at radius 3 is 2.84 bits per heavy atom. The van der Waals surface area contributed by atoms with Gasteiger partial charge in [-0.25, -0.2) is 0 Å². The summed E-state index contributed by atoms with van der Waals surface area (Å²) in [6, 6.07) is 4.24. The lowest BCUT2D eigenvalue weighted by Gasteiger charge is -2.09. The van der Waals surface area contributed by atoms with Crippen molar-refractivity contribution in [3.63, 3.8) is 0 Å². The summed E-state index contributed by atoms with van der Waals surface area (Å²) in [5.41, 5.74) is 5.82. The summed E-state index contributed by atoms with van der Waals surface area (Å²) in [5, 5.41) is 13.3. The lowest BCUT2D eigenvalue weighted by Crippen LogP contribution is -2.16. The van der Waals surface area contributed by atoms with Crippen molar-refractivity contribution < 1.29 is 9.72 Å². The van der Waals surface area contributed by atoms with Crippen molar-refractivity contribution in [2.45, 2.75) is 19.8 Å². The van der Waals surface area contributed by atoms with Gasteiger partial charge in [-0.1, -0.05) is 6.92 Å². The topological polar surface area (TPSA) is 98.3 Å². The number of halogens is 1. The van der Waals surface area contributed by atoms with Crippen molar-refractivity contribution >= 4 is 33.2 Å². The highest BCUT2D eigenvalue weighted by atomic mass is 79.9. The van der Waals surface area contributed by atoms with E-state index in [9.17, 15) is 14.9 Å². The number of amides is 1. The number of carbonyl (C=O) groups excluding carboxylic acids is 1. The monoisotopic (exact) mass is 329 g/mol. The zero-order valence-corrected chi connectivity index (χ0v) is 12.1. The first-order valence-electron chi connectivity index (χ1n) is 5.88. The number of anilines is 1. The van der Waals surface area contributed by atoms with Crippen LogP contribution in [0.1, 0.15) is 19.8 Å². The van der Waals surface area contributed by atoms with E-state index in [1.807, 2.05) is 6.92 Å². The van der Waals surface area contributed by atoms with Crippen LogP contribution in [0, 0.1) is 16.0 Å². The van der Waals surface area contributed by atoms with Crippen molar-refractivity contribution in [3.8, 4) is 0 Å². The van der Waals surface area contributed by atoms with Gasteiger partial charge in [0.25, 0.3) is 5.69 Å². The number of nitrogens with two attached hydrogens (primary N) is 1. The number of nitrogens with one attached hydrogen (secondary N) is 1. The second kappa shape index (κ2) is 7.20. The van der Waals surface area contributed by atoms with Crippen LogP contribution in [0.4, 0.5) is 11.4 Å². The Hall–Kier alpha value is -1.47. The van der Waals surface area contributed by atoms with Gasteiger partial charge >= 0.3 is 0 Å². The maximum absolute atomic E-state index is 11.7. The predicted octanol–water partition coefficient (Wildman–Crippen LogP) is 2.67. The standard InChI is InChI=1S/C12H16BrN3O3/c1-8(7-14)2-5-12(17)15-11-6-9(16(18)19)3-4-10(11)13/h3-4,6,8H,2,5,7,14H2,1H3,(H,15,17). The average Bonchev–Trinajstić information content (AvgIpc) is 2.38. The Labute approximate surface area is 119 Å². The Morgan fingerprint density at radius 1 is 1.58 bits per heavy atom. The molecule has 0 radical (unpaired) electrons. The third-order valence-electron chi connectivity index (χ3n) is 2.70. The van der Waals surface area contributed by atoms with Crippen molar-refractivity contribution in [2.24, 2.45) is 11.7 Å². The van der Waals surface area contributed by atoms with E-state index in [4.69, 9.17) is 5.73 Å². The number of hydrogen-bond donors (Lipinski definition) is 2. The van der Waals surface area contributed by atoms with E-state index in [-0.39, 0.29) is 17.5 Å². The van der Waals surface area contributed by atoms with Crippen molar-refractivity contribution in [2.75, 3.05) is 11.9 Å². The van der Waals surface area contributed by atoms with Crippen LogP contribution in [0.25, 0.3) is 0 Å². The Bertz CT molecular complexity index is 479. The molecule has 1 amide bonds. The third kappa shape index (κ3) is 4.96. The van der Waals surface area contributed by atoms with Crippen LogP contribution in [0.3, 0.4) is 0 Å². The molecule has 0 aliphatic rings. The fourth-order valence-corrected chi connectivity index (χ4v) is 1.78. The summed E-state index contributed by atoms with van der Waals surface area (Å²) in [6.07, 6.45) is 1.03. The second-order valence-corrected chi connectivity index (χ2v) is 5.20. The highest BCUT2D eigenvalue weighted by molar-refractivity contribution is 9.10. The molecule has 0 aromatic heterocycles. The first-order valence-corrected chi connectivity index (χ1v) is 6.67.